The molecule has 18 heavy (non-hydrogen) atoms. The Morgan fingerprint density at radius 2 is 2.28 bits per heavy atom. The number of aromatic carboxylic acids is 1. The number of hydrogen-bond donors (Lipinski definition) is 2. The molecule has 0 amide bonds. The summed E-state index contributed by atoms with van der Waals surface area (Å²) in [5.74, 6) is -1.51. The van der Waals surface area contributed by atoms with Crippen LogP contribution in [0.3, 0.4) is 0 Å². The third-order valence-corrected chi connectivity index (χ3v) is 2.46. The monoisotopic (exact) mass is 250 g/mol. The van der Waals surface area contributed by atoms with Crippen molar-refractivity contribution in [3.05, 3.63) is 41.3 Å². The second-order valence-corrected chi connectivity index (χ2v) is 3.71. The first-order chi connectivity index (χ1) is 8.61. The number of methoxy groups -OCH3 is 1. The fraction of sp³-hybridized carbons (Fsp3) is 0.167. The zero-order valence-corrected chi connectivity index (χ0v) is 9.61. The molecule has 0 aliphatic carbocycles. The number of aromatic amines is 1. The smallest absolute Gasteiger partial charge is 0.353 e. The third-order valence-electron chi connectivity index (χ3n) is 2.46. The maximum absolute atomic E-state index is 13.7. The highest BCUT2D eigenvalue weighted by Crippen LogP contribution is 2.21. The molecule has 6 heteroatoms. The fourth-order valence-electron chi connectivity index (χ4n) is 1.56. The van der Waals surface area contributed by atoms with E-state index in [0.717, 1.165) is 0 Å². The minimum Gasteiger partial charge on any atom is -0.477 e. The Kier molecular flexibility index (Phi) is 3.38. The zero-order valence-electron chi connectivity index (χ0n) is 9.61. The maximum Gasteiger partial charge on any atom is 0.353 e. The molecular formula is C12H11FN2O3. The molecular weight excluding hydrogens is 239 g/mol. The number of aromatic nitrogens is 2. The SMILES string of the molecule is COCc1ccc(-c2cc(C(=O)O)[nH]n2)cc1F. The number of H-pyrrole nitrogens is 1. The van der Waals surface area contributed by atoms with Gasteiger partial charge in [-0.1, -0.05) is 12.1 Å². The van der Waals surface area contributed by atoms with E-state index >= 15 is 0 Å². The number of hydrogen-bond acceptors (Lipinski definition) is 3. The molecule has 0 saturated heterocycles. The van der Waals surface area contributed by atoms with Crippen molar-refractivity contribution < 1.29 is 19.0 Å². The van der Waals surface area contributed by atoms with Crippen molar-refractivity contribution in [1.29, 1.82) is 0 Å². The summed E-state index contributed by atoms with van der Waals surface area (Å²) in [7, 11) is 1.49. The molecule has 0 unspecified atom stereocenters. The van der Waals surface area contributed by atoms with Crippen LogP contribution in [0, 0.1) is 5.82 Å². The Hall–Kier alpha value is -2.21. The van der Waals surface area contributed by atoms with E-state index in [0.29, 0.717) is 16.8 Å². The largest absolute Gasteiger partial charge is 0.477 e. The fourth-order valence-corrected chi connectivity index (χ4v) is 1.56. The van der Waals surface area contributed by atoms with Crippen molar-refractivity contribution in [2.24, 2.45) is 0 Å². The quantitative estimate of drug-likeness (QED) is 0.870. The van der Waals surface area contributed by atoms with Crippen molar-refractivity contribution >= 4 is 5.97 Å². The van der Waals surface area contributed by atoms with Crippen LogP contribution < -0.4 is 0 Å². The molecule has 2 N–H and O–H groups in total. The van der Waals surface area contributed by atoms with Gasteiger partial charge in [0.15, 0.2) is 0 Å². The van der Waals surface area contributed by atoms with Gasteiger partial charge in [0.2, 0.25) is 0 Å². The van der Waals surface area contributed by atoms with E-state index < -0.39 is 11.8 Å². The summed E-state index contributed by atoms with van der Waals surface area (Å²) in [5.41, 5.74) is 1.30. The molecule has 1 heterocycles. The van der Waals surface area contributed by atoms with Crippen molar-refractivity contribution in [2.45, 2.75) is 6.61 Å². The standard InChI is InChI=1S/C12H11FN2O3/c1-18-6-8-3-2-7(4-9(8)13)10-5-11(12(16)17)15-14-10/h2-5H,6H2,1H3,(H,14,15)(H,16,17). The summed E-state index contributed by atoms with van der Waals surface area (Å²) in [6.07, 6.45) is 0. The van der Waals surface area contributed by atoms with Crippen LogP contribution in [0.25, 0.3) is 11.3 Å². The molecule has 1 aromatic heterocycles. The molecule has 0 radical (unpaired) electrons. The van der Waals surface area contributed by atoms with Gasteiger partial charge in [-0.2, -0.15) is 5.10 Å². The molecule has 1 aromatic carbocycles. The topological polar surface area (TPSA) is 75.2 Å². The number of carboxylic acid groups (broad SMARTS) is 1. The van der Waals surface area contributed by atoms with Gasteiger partial charge in [-0.15, -0.1) is 0 Å². The highest BCUT2D eigenvalue weighted by molar-refractivity contribution is 5.86. The number of nitrogens with zero attached hydrogens (tertiary/aromatic N) is 1. The van der Waals surface area contributed by atoms with E-state index in [2.05, 4.69) is 10.2 Å². The molecule has 0 bridgehead atoms. The van der Waals surface area contributed by atoms with E-state index in [-0.39, 0.29) is 12.3 Å². The van der Waals surface area contributed by atoms with Crippen LogP contribution >= 0.6 is 0 Å². The minimum atomic E-state index is -1.11. The molecule has 0 aliphatic heterocycles. The molecule has 2 rings (SSSR count). The lowest BCUT2D eigenvalue weighted by Crippen LogP contribution is -1.95. The van der Waals surface area contributed by atoms with Crippen molar-refractivity contribution in [1.82, 2.24) is 10.2 Å². The van der Waals surface area contributed by atoms with E-state index in [1.54, 1.807) is 12.1 Å². The van der Waals surface area contributed by atoms with Crippen LogP contribution in [-0.2, 0) is 11.3 Å². The van der Waals surface area contributed by atoms with Crippen LogP contribution in [0.1, 0.15) is 16.1 Å². The summed E-state index contributed by atoms with van der Waals surface area (Å²) >= 11 is 0. The van der Waals surface area contributed by atoms with Crippen molar-refractivity contribution in [3.8, 4) is 11.3 Å². The highest BCUT2D eigenvalue weighted by atomic mass is 19.1. The second kappa shape index (κ2) is 4.97. The molecule has 0 spiro atoms. The van der Waals surface area contributed by atoms with Gasteiger partial charge in [0, 0.05) is 18.2 Å². The summed E-state index contributed by atoms with van der Waals surface area (Å²) in [5, 5.41) is 14.9. The first-order valence-corrected chi connectivity index (χ1v) is 5.18. The molecule has 94 valence electrons. The Bertz CT molecular complexity index is 580. The number of rotatable bonds is 4. The second-order valence-electron chi connectivity index (χ2n) is 3.71. The summed E-state index contributed by atoms with van der Waals surface area (Å²) in [4.78, 5) is 10.7. The highest BCUT2D eigenvalue weighted by Gasteiger charge is 2.11. The van der Waals surface area contributed by atoms with Crippen LogP contribution in [0.4, 0.5) is 4.39 Å². The lowest BCUT2D eigenvalue weighted by Gasteiger charge is -2.03. The van der Waals surface area contributed by atoms with Crippen molar-refractivity contribution in [3.63, 3.8) is 0 Å². The Morgan fingerprint density at radius 3 is 2.83 bits per heavy atom. The minimum absolute atomic E-state index is 0.0358. The number of ether oxygens (including phenoxy) is 1. The van der Waals surface area contributed by atoms with Gasteiger partial charge in [0.25, 0.3) is 0 Å². The molecule has 0 fully saturated rings. The lowest BCUT2D eigenvalue weighted by atomic mass is 10.1. The normalized spacial score (nSPS) is 10.6. The first kappa shape index (κ1) is 12.3. The van der Waals surface area contributed by atoms with Crippen molar-refractivity contribution in [2.75, 3.05) is 7.11 Å². The maximum atomic E-state index is 13.7. The Balaban J connectivity index is 2.33. The van der Waals surface area contributed by atoms with Gasteiger partial charge in [0.05, 0.1) is 12.3 Å². The summed E-state index contributed by atoms with van der Waals surface area (Å²) < 4.78 is 18.5. The van der Waals surface area contributed by atoms with Crippen LogP contribution in [0.2, 0.25) is 0 Å². The summed E-state index contributed by atoms with van der Waals surface area (Å²) in [6, 6.07) is 5.91. The van der Waals surface area contributed by atoms with Gasteiger partial charge >= 0.3 is 5.97 Å². The van der Waals surface area contributed by atoms with Gasteiger partial charge in [-0.05, 0) is 12.1 Å². The molecule has 0 atom stereocenters. The number of benzene rings is 1. The lowest BCUT2D eigenvalue weighted by molar-refractivity contribution is 0.0690. The molecule has 2 aromatic rings. The predicted octanol–water partition coefficient (Wildman–Crippen LogP) is 2.06. The van der Waals surface area contributed by atoms with E-state index in [1.165, 1.54) is 19.2 Å². The molecule has 0 saturated carbocycles. The molecule has 0 aliphatic rings. The van der Waals surface area contributed by atoms with Gasteiger partial charge in [-0.3, -0.25) is 5.10 Å². The summed E-state index contributed by atoms with van der Waals surface area (Å²) in [6.45, 7) is 0.188. The average molecular weight is 250 g/mol. The average Bonchev–Trinajstić information content (AvgIpc) is 2.81. The van der Waals surface area contributed by atoms with Gasteiger partial charge in [-0.25, -0.2) is 9.18 Å². The third kappa shape index (κ3) is 2.38. The van der Waals surface area contributed by atoms with Crippen LogP contribution in [-0.4, -0.2) is 28.4 Å². The Morgan fingerprint density at radius 1 is 1.50 bits per heavy atom. The van der Waals surface area contributed by atoms with E-state index in [1.807, 2.05) is 0 Å². The Labute approximate surface area is 102 Å². The number of carboxylic acids is 1. The van der Waals surface area contributed by atoms with Gasteiger partial charge < -0.3 is 9.84 Å². The van der Waals surface area contributed by atoms with E-state index in [9.17, 15) is 9.18 Å². The number of halogens is 1. The first-order valence-electron chi connectivity index (χ1n) is 5.18. The van der Waals surface area contributed by atoms with Crippen LogP contribution in [0.5, 0.6) is 0 Å². The number of carbonyl (C=O) groups is 1. The number of nitrogens with one attached hydrogen (secondary N) is 1. The van der Waals surface area contributed by atoms with E-state index in [4.69, 9.17) is 9.84 Å². The predicted molar refractivity (Wildman–Crippen MR) is 61.7 cm³/mol. The van der Waals surface area contributed by atoms with Crippen LogP contribution in [0.15, 0.2) is 24.3 Å². The molecule has 5 nitrogen and oxygen atoms in total. The zero-order chi connectivity index (χ0) is 13.1. The van der Waals surface area contributed by atoms with Gasteiger partial charge in [0.1, 0.15) is 11.5 Å².